The summed E-state index contributed by atoms with van der Waals surface area (Å²) < 4.78 is 5.80. The van der Waals surface area contributed by atoms with Crippen molar-refractivity contribution >= 4 is 32.5 Å². The largest absolute Gasteiger partial charge is 0.377 e. The van der Waals surface area contributed by atoms with Crippen LogP contribution in [0.25, 0.3) is 10.9 Å². The summed E-state index contributed by atoms with van der Waals surface area (Å²) in [6.07, 6.45) is 4.42. The van der Waals surface area contributed by atoms with Gasteiger partial charge in [-0.1, -0.05) is 34.1 Å². The van der Waals surface area contributed by atoms with Gasteiger partial charge in [-0.25, -0.2) is 0 Å². The molecule has 1 fully saturated rings. The van der Waals surface area contributed by atoms with Crippen LogP contribution in [0, 0.1) is 0 Å². The molecule has 106 valence electrons. The van der Waals surface area contributed by atoms with Gasteiger partial charge in [0.05, 0.1) is 30.1 Å². The fraction of sp³-hybridized carbons (Fsp3) is 0.467. The first kappa shape index (κ1) is 13.8. The van der Waals surface area contributed by atoms with Crippen LogP contribution < -0.4 is 4.90 Å². The van der Waals surface area contributed by atoms with Crippen LogP contribution in [0.3, 0.4) is 0 Å². The highest BCUT2D eigenvalue weighted by molar-refractivity contribution is 9.09. The van der Waals surface area contributed by atoms with E-state index < -0.39 is 0 Å². The van der Waals surface area contributed by atoms with Crippen molar-refractivity contribution in [2.75, 3.05) is 29.9 Å². The molecule has 0 spiro atoms. The van der Waals surface area contributed by atoms with Crippen LogP contribution in [0.1, 0.15) is 12.8 Å². The molecule has 1 saturated heterocycles. The Hall–Kier alpha value is -1.20. The monoisotopic (exact) mass is 335 g/mol. The van der Waals surface area contributed by atoms with Crippen molar-refractivity contribution in [1.29, 1.82) is 0 Å². The predicted molar refractivity (Wildman–Crippen MR) is 84.5 cm³/mol. The number of nitrogens with zero attached hydrogens (tertiary/aromatic N) is 3. The molecule has 0 unspecified atom stereocenters. The van der Waals surface area contributed by atoms with Crippen molar-refractivity contribution in [3.05, 3.63) is 30.5 Å². The third kappa shape index (κ3) is 2.94. The lowest BCUT2D eigenvalue weighted by Crippen LogP contribution is -2.37. The third-order valence-electron chi connectivity index (χ3n) is 3.74. The molecule has 3 rings (SSSR count). The zero-order valence-corrected chi connectivity index (χ0v) is 12.9. The van der Waals surface area contributed by atoms with Crippen LogP contribution in [0.2, 0.25) is 0 Å². The normalized spacial score (nSPS) is 16.8. The minimum Gasteiger partial charge on any atom is -0.377 e. The van der Waals surface area contributed by atoms with Gasteiger partial charge < -0.3 is 9.64 Å². The first-order valence-corrected chi connectivity index (χ1v) is 8.13. The van der Waals surface area contributed by atoms with Gasteiger partial charge in [-0.15, -0.1) is 0 Å². The molecule has 2 heterocycles. The molecular weight excluding hydrogens is 318 g/mol. The van der Waals surface area contributed by atoms with Crippen molar-refractivity contribution in [3.8, 4) is 0 Å². The molecule has 20 heavy (non-hydrogen) atoms. The summed E-state index contributed by atoms with van der Waals surface area (Å²) in [5.74, 6) is 0. The van der Waals surface area contributed by atoms with E-state index in [0.29, 0.717) is 6.10 Å². The Morgan fingerprint density at radius 1 is 1.25 bits per heavy atom. The van der Waals surface area contributed by atoms with E-state index in [2.05, 4.69) is 43.2 Å². The lowest BCUT2D eigenvalue weighted by atomic mass is 10.1. The number of piperidine rings is 1. The molecule has 5 heteroatoms. The summed E-state index contributed by atoms with van der Waals surface area (Å²) in [5, 5.41) is 10.4. The zero-order valence-electron chi connectivity index (χ0n) is 11.3. The number of rotatable bonds is 4. The Balaban J connectivity index is 1.74. The van der Waals surface area contributed by atoms with Gasteiger partial charge in [-0.2, -0.15) is 10.2 Å². The maximum absolute atomic E-state index is 5.80. The Morgan fingerprint density at radius 2 is 2.05 bits per heavy atom. The highest BCUT2D eigenvalue weighted by Gasteiger charge is 2.21. The van der Waals surface area contributed by atoms with Crippen molar-refractivity contribution in [1.82, 2.24) is 10.2 Å². The van der Waals surface area contributed by atoms with Crippen molar-refractivity contribution in [3.63, 3.8) is 0 Å². The minimum atomic E-state index is 0.393. The quantitative estimate of drug-likeness (QED) is 0.805. The van der Waals surface area contributed by atoms with Crippen molar-refractivity contribution < 1.29 is 4.74 Å². The topological polar surface area (TPSA) is 38.2 Å². The maximum atomic E-state index is 5.80. The molecule has 1 aromatic heterocycles. The molecular formula is C15H18BrN3O. The molecule has 0 N–H and O–H groups in total. The van der Waals surface area contributed by atoms with E-state index in [1.807, 2.05) is 18.3 Å². The number of hydrogen-bond donors (Lipinski definition) is 0. The highest BCUT2D eigenvalue weighted by atomic mass is 79.9. The fourth-order valence-electron chi connectivity index (χ4n) is 2.72. The van der Waals surface area contributed by atoms with Gasteiger partial charge in [-0.05, 0) is 18.9 Å². The van der Waals surface area contributed by atoms with Gasteiger partial charge >= 0.3 is 0 Å². The summed E-state index contributed by atoms with van der Waals surface area (Å²) in [4.78, 5) is 2.39. The van der Waals surface area contributed by atoms with Gasteiger partial charge in [0, 0.05) is 23.8 Å². The third-order valence-corrected chi connectivity index (χ3v) is 4.06. The standard InChI is InChI=1S/C15H18BrN3O/c16-7-10-20-12-5-8-19(9-6-12)15-11-17-18-14-4-2-1-3-13(14)15/h1-4,11-12H,5-10H2. The Morgan fingerprint density at radius 3 is 2.85 bits per heavy atom. The van der Waals surface area contributed by atoms with Gasteiger partial charge in [0.2, 0.25) is 0 Å². The van der Waals surface area contributed by atoms with Gasteiger partial charge in [0.1, 0.15) is 0 Å². The molecule has 1 aliphatic heterocycles. The summed E-state index contributed by atoms with van der Waals surface area (Å²) in [7, 11) is 0. The summed E-state index contributed by atoms with van der Waals surface area (Å²) >= 11 is 3.40. The van der Waals surface area contributed by atoms with E-state index in [-0.39, 0.29) is 0 Å². The van der Waals surface area contributed by atoms with E-state index in [9.17, 15) is 0 Å². The molecule has 1 aromatic carbocycles. The number of aromatic nitrogens is 2. The number of alkyl halides is 1. The van der Waals surface area contributed by atoms with Crippen LogP contribution in [0.5, 0.6) is 0 Å². The molecule has 2 aromatic rings. The maximum Gasteiger partial charge on any atom is 0.0950 e. The molecule has 0 atom stereocenters. The molecule has 0 saturated carbocycles. The number of ether oxygens (including phenoxy) is 1. The molecule has 0 aliphatic carbocycles. The van der Waals surface area contributed by atoms with Crippen LogP contribution in [-0.4, -0.2) is 41.3 Å². The van der Waals surface area contributed by atoms with Crippen LogP contribution in [0.15, 0.2) is 30.5 Å². The summed E-state index contributed by atoms with van der Waals surface area (Å²) in [6.45, 7) is 2.83. The van der Waals surface area contributed by atoms with E-state index in [1.165, 1.54) is 11.1 Å². The highest BCUT2D eigenvalue weighted by Crippen LogP contribution is 2.27. The second-order valence-electron chi connectivity index (χ2n) is 4.99. The van der Waals surface area contributed by atoms with Gasteiger partial charge in [0.25, 0.3) is 0 Å². The number of halogens is 1. The van der Waals surface area contributed by atoms with Crippen LogP contribution >= 0.6 is 15.9 Å². The van der Waals surface area contributed by atoms with Gasteiger partial charge in [0.15, 0.2) is 0 Å². The Bertz CT molecular complexity index is 565. The first-order chi connectivity index (χ1) is 9.88. The fourth-order valence-corrected chi connectivity index (χ4v) is 2.91. The van der Waals surface area contributed by atoms with Crippen LogP contribution in [-0.2, 0) is 4.74 Å². The SMILES string of the molecule is BrCCOC1CCN(c2cnnc3ccccc23)CC1. The minimum absolute atomic E-state index is 0.393. The predicted octanol–water partition coefficient (Wildman–Crippen LogP) is 3.01. The summed E-state index contributed by atoms with van der Waals surface area (Å²) in [5.41, 5.74) is 2.15. The Kier molecular flexibility index (Phi) is 4.47. The lowest BCUT2D eigenvalue weighted by Gasteiger charge is -2.33. The van der Waals surface area contributed by atoms with E-state index in [0.717, 1.165) is 43.4 Å². The molecule has 0 radical (unpaired) electrons. The van der Waals surface area contributed by atoms with E-state index in [4.69, 9.17) is 4.74 Å². The number of anilines is 1. The van der Waals surface area contributed by atoms with Gasteiger partial charge in [-0.3, -0.25) is 0 Å². The second kappa shape index (κ2) is 6.50. The lowest BCUT2D eigenvalue weighted by molar-refractivity contribution is 0.0481. The average Bonchev–Trinajstić information content (AvgIpc) is 2.53. The molecule has 4 nitrogen and oxygen atoms in total. The van der Waals surface area contributed by atoms with Crippen molar-refractivity contribution in [2.24, 2.45) is 0 Å². The molecule has 0 amide bonds. The van der Waals surface area contributed by atoms with Crippen molar-refractivity contribution in [2.45, 2.75) is 18.9 Å². The number of hydrogen-bond acceptors (Lipinski definition) is 4. The zero-order chi connectivity index (χ0) is 13.8. The van der Waals surface area contributed by atoms with E-state index >= 15 is 0 Å². The number of fused-ring (bicyclic) bond motifs is 1. The molecule has 1 aliphatic rings. The van der Waals surface area contributed by atoms with E-state index in [1.54, 1.807) is 0 Å². The average molecular weight is 336 g/mol. The number of benzene rings is 1. The smallest absolute Gasteiger partial charge is 0.0950 e. The second-order valence-corrected chi connectivity index (χ2v) is 5.79. The summed E-state index contributed by atoms with van der Waals surface area (Å²) in [6, 6.07) is 8.19. The molecule has 0 bridgehead atoms. The van der Waals surface area contributed by atoms with Crippen LogP contribution in [0.4, 0.5) is 5.69 Å². The Labute approximate surface area is 127 Å². The first-order valence-electron chi connectivity index (χ1n) is 7.01.